The molecule has 6 atom stereocenters. The molecule has 1 saturated carbocycles. The van der Waals surface area contributed by atoms with Gasteiger partial charge in [0.1, 0.15) is 22.8 Å². The van der Waals surface area contributed by atoms with Gasteiger partial charge in [-0.2, -0.15) is 0 Å². The van der Waals surface area contributed by atoms with Gasteiger partial charge >= 0.3 is 0 Å². The zero-order valence-corrected chi connectivity index (χ0v) is 18.0. The van der Waals surface area contributed by atoms with Crippen molar-refractivity contribution in [2.24, 2.45) is 17.6 Å². The number of likely N-dealkylation sites (N-methyl/N-ethyl adjacent to an activating group) is 1. The van der Waals surface area contributed by atoms with Crippen LogP contribution in [0.15, 0.2) is 35.1 Å². The molecule has 0 aromatic heterocycles. The number of quaternary nitrogens is 1. The average Bonchev–Trinajstić information content (AvgIpc) is 2.70. The molecule has 0 radical (unpaired) electrons. The fraction of sp³-hybridized carbons (Fsp3) is 0.409. The average molecular weight is 461 g/mol. The van der Waals surface area contributed by atoms with Gasteiger partial charge in [-0.05, 0) is 18.6 Å². The van der Waals surface area contributed by atoms with Gasteiger partial charge in [-0.1, -0.05) is 12.1 Å². The highest BCUT2D eigenvalue weighted by atomic mass is 16.4. The van der Waals surface area contributed by atoms with Crippen LogP contribution in [0.2, 0.25) is 0 Å². The van der Waals surface area contributed by atoms with E-state index >= 15 is 0 Å². The summed E-state index contributed by atoms with van der Waals surface area (Å²) in [6.45, 7) is 1.26. The summed E-state index contributed by atoms with van der Waals surface area (Å²) >= 11 is 0. The molecule has 1 aromatic carbocycles. The topological polar surface area (TPSA) is 203 Å². The molecule has 0 bridgehead atoms. The minimum Gasteiger partial charge on any atom is -0.508 e. The van der Waals surface area contributed by atoms with Crippen LogP contribution in [-0.4, -0.2) is 80.0 Å². The predicted molar refractivity (Wildman–Crippen MR) is 111 cm³/mol. The maximum atomic E-state index is 13.7. The van der Waals surface area contributed by atoms with E-state index in [1.165, 1.54) is 39.2 Å². The van der Waals surface area contributed by atoms with Crippen molar-refractivity contribution >= 4 is 23.2 Å². The largest absolute Gasteiger partial charge is 0.508 e. The second-order valence-electron chi connectivity index (χ2n) is 9.21. The Bertz CT molecular complexity index is 1180. The van der Waals surface area contributed by atoms with Crippen LogP contribution in [0, 0.1) is 11.8 Å². The zero-order valence-electron chi connectivity index (χ0n) is 18.0. The van der Waals surface area contributed by atoms with E-state index in [1.54, 1.807) is 0 Å². The number of carbonyl (C=O) groups is 3. The van der Waals surface area contributed by atoms with E-state index in [1.807, 2.05) is 0 Å². The Morgan fingerprint density at radius 2 is 1.73 bits per heavy atom. The first-order chi connectivity index (χ1) is 15.2. The number of rotatable bonds is 2. The van der Waals surface area contributed by atoms with Crippen molar-refractivity contribution in [1.29, 1.82) is 0 Å². The number of hydrogen-bond donors (Lipinski definition) is 8. The number of nitrogens with one attached hydrogen (secondary N) is 1. The number of ketones is 2. The number of phenols is 1. The predicted octanol–water partition coefficient (Wildman–Crippen LogP) is -2.82. The molecule has 11 heteroatoms. The molecule has 3 aliphatic carbocycles. The minimum absolute atomic E-state index is 0.0134. The summed E-state index contributed by atoms with van der Waals surface area (Å²) in [5.41, 5.74) is -1.69. The van der Waals surface area contributed by atoms with Gasteiger partial charge in [0.05, 0.1) is 48.8 Å². The minimum atomic E-state index is -3.00. The molecule has 176 valence electrons. The van der Waals surface area contributed by atoms with Crippen molar-refractivity contribution in [3.05, 3.63) is 46.2 Å². The number of benzene rings is 1. The molecule has 0 spiro atoms. The van der Waals surface area contributed by atoms with Gasteiger partial charge < -0.3 is 41.3 Å². The summed E-state index contributed by atoms with van der Waals surface area (Å²) < 4.78 is 0. The zero-order chi connectivity index (χ0) is 24.8. The quantitative estimate of drug-likeness (QED) is 0.214. The molecule has 3 aliphatic rings. The van der Waals surface area contributed by atoms with Crippen molar-refractivity contribution in [2.75, 3.05) is 14.1 Å². The Morgan fingerprint density at radius 1 is 1.12 bits per heavy atom. The maximum Gasteiger partial charge on any atom is 0.256 e. The van der Waals surface area contributed by atoms with Crippen molar-refractivity contribution in [1.82, 2.24) is 0 Å². The number of aliphatic hydroxyl groups excluding tert-OH is 3. The van der Waals surface area contributed by atoms with Gasteiger partial charge in [-0.25, -0.2) is 0 Å². The molecular formula is C22H25N2O9+. The van der Waals surface area contributed by atoms with E-state index in [0.29, 0.717) is 4.90 Å². The number of hydrogen-bond acceptors (Lipinski definition) is 9. The second kappa shape index (κ2) is 6.87. The number of amides is 1. The summed E-state index contributed by atoms with van der Waals surface area (Å²) in [6, 6.07) is 2.60. The lowest BCUT2D eigenvalue weighted by Gasteiger charge is -2.54. The summed E-state index contributed by atoms with van der Waals surface area (Å²) in [6.07, 6.45) is -1.85. The molecule has 11 nitrogen and oxygen atoms in total. The van der Waals surface area contributed by atoms with E-state index in [4.69, 9.17) is 5.73 Å². The summed E-state index contributed by atoms with van der Waals surface area (Å²) in [5, 5.41) is 66.4. The number of carbonyl (C=O) groups excluding carboxylic acids is 3. The van der Waals surface area contributed by atoms with Gasteiger partial charge in [-0.15, -0.1) is 0 Å². The normalized spacial score (nSPS) is 36.0. The Balaban J connectivity index is 2.11. The maximum absolute atomic E-state index is 13.7. The van der Waals surface area contributed by atoms with Crippen molar-refractivity contribution < 1.29 is 49.9 Å². The van der Waals surface area contributed by atoms with Crippen LogP contribution in [0.25, 0.3) is 5.76 Å². The number of fused-ring (bicyclic) bond motifs is 3. The Labute approximate surface area is 187 Å². The molecule has 0 heterocycles. The van der Waals surface area contributed by atoms with Crippen LogP contribution in [-0.2, 0) is 20.0 Å². The first-order valence-electron chi connectivity index (χ1n) is 10.2. The van der Waals surface area contributed by atoms with Gasteiger partial charge in [0.2, 0.25) is 11.6 Å². The number of primary amides is 1. The van der Waals surface area contributed by atoms with E-state index < -0.39 is 81.1 Å². The Morgan fingerprint density at radius 3 is 2.27 bits per heavy atom. The highest BCUT2D eigenvalue weighted by molar-refractivity contribution is 6.24. The molecule has 1 fully saturated rings. The lowest BCUT2D eigenvalue weighted by Crippen LogP contribution is -3.13. The molecule has 1 unspecified atom stereocenters. The number of phenolic OH excluding ortho intramolecular Hbond substituents is 1. The molecule has 33 heavy (non-hydrogen) atoms. The van der Waals surface area contributed by atoms with Gasteiger partial charge in [0.25, 0.3) is 5.91 Å². The fourth-order valence-corrected chi connectivity index (χ4v) is 5.69. The first-order valence-corrected chi connectivity index (χ1v) is 10.2. The molecule has 0 saturated heterocycles. The second-order valence-corrected chi connectivity index (χ2v) is 9.21. The Kier molecular flexibility index (Phi) is 4.78. The third-order valence-electron chi connectivity index (χ3n) is 7.13. The molecule has 9 N–H and O–H groups in total. The standard InChI is InChI=1S/C22H24N2O9/c1-21(32)7-5-4-6-8(25)9(7)15(26)10-12(21)17(28)13-14(24(2)3)16(27)11(20(23)31)19(30)22(13,33)18(10)29/h4-6,12-14,17,25-26,28,30,32-33H,1-3H3,(H2,23,31)/p+1/t12?,13-,14+,17+,21-,22+/m1/s1. The monoisotopic (exact) mass is 461 g/mol. The molecule has 4 rings (SSSR count). The van der Waals surface area contributed by atoms with E-state index in [0.717, 1.165) is 0 Å². The highest BCUT2D eigenvalue weighted by Gasteiger charge is 2.71. The van der Waals surface area contributed by atoms with Crippen molar-refractivity contribution in [3.63, 3.8) is 0 Å². The molecule has 1 aromatic rings. The third-order valence-corrected chi connectivity index (χ3v) is 7.13. The fourth-order valence-electron chi connectivity index (χ4n) is 5.69. The number of aromatic hydroxyl groups is 1. The third kappa shape index (κ3) is 2.61. The first kappa shape index (κ1) is 22.9. The van der Waals surface area contributed by atoms with E-state index in [9.17, 15) is 45.0 Å². The van der Waals surface area contributed by atoms with Crippen molar-refractivity contribution in [2.45, 2.75) is 30.3 Å². The van der Waals surface area contributed by atoms with Gasteiger partial charge in [0, 0.05) is 0 Å². The van der Waals surface area contributed by atoms with Crippen LogP contribution in [0.3, 0.4) is 0 Å². The van der Waals surface area contributed by atoms with Crippen molar-refractivity contribution in [3.8, 4) is 5.75 Å². The highest BCUT2D eigenvalue weighted by Crippen LogP contribution is 2.56. The number of Topliss-reactive ketones (excluding diaryl/α,β-unsaturated/α-hetero) is 2. The summed E-state index contributed by atoms with van der Waals surface area (Å²) in [5.74, 6) is -9.53. The molecular weight excluding hydrogens is 436 g/mol. The van der Waals surface area contributed by atoms with E-state index in [-0.39, 0.29) is 11.1 Å². The molecule has 0 aliphatic heterocycles. The SMILES string of the molecule is C[NH+](C)[C@@H]1C(=O)C(C(N)=O)=C(O)[C@@]2(O)C(=O)C3=C(O)c4c(O)cccc4[C@@](C)(O)C3[C@H](O)[C@@H]12. The van der Waals surface area contributed by atoms with Gasteiger partial charge in [-0.3, -0.25) is 14.4 Å². The van der Waals surface area contributed by atoms with Crippen LogP contribution in [0.5, 0.6) is 5.75 Å². The van der Waals surface area contributed by atoms with E-state index in [2.05, 4.69) is 0 Å². The van der Waals surface area contributed by atoms with Gasteiger partial charge in [0.15, 0.2) is 11.6 Å². The van der Waals surface area contributed by atoms with Crippen LogP contribution in [0.4, 0.5) is 0 Å². The smallest absolute Gasteiger partial charge is 0.256 e. The summed E-state index contributed by atoms with van der Waals surface area (Å²) in [4.78, 5) is 39.0. The lowest BCUT2D eigenvalue weighted by molar-refractivity contribution is -0.881. The molecule has 1 amide bonds. The summed E-state index contributed by atoms with van der Waals surface area (Å²) in [7, 11) is 2.96. The van der Waals surface area contributed by atoms with Crippen LogP contribution in [0.1, 0.15) is 18.1 Å². The number of aliphatic hydroxyl groups is 5. The lowest BCUT2D eigenvalue weighted by atomic mass is 9.53. The number of nitrogens with two attached hydrogens (primary N) is 1. The Hall–Kier alpha value is -3.25. The van der Waals surface area contributed by atoms with Crippen LogP contribution >= 0.6 is 0 Å². The van der Waals surface area contributed by atoms with Crippen LogP contribution < -0.4 is 10.6 Å².